The second-order valence-electron chi connectivity index (χ2n) is 3.03. The summed E-state index contributed by atoms with van der Waals surface area (Å²) in [6.45, 7) is 0. The zero-order chi connectivity index (χ0) is 13.4. The zero-order valence-electron chi connectivity index (χ0n) is 8.10. The van der Waals surface area contributed by atoms with Crippen LogP contribution in [0, 0.1) is 10.1 Å². The minimum Gasteiger partial charge on any atom is -0.391 e. The summed E-state index contributed by atoms with van der Waals surface area (Å²) in [6, 6.07) is 0.671. The van der Waals surface area contributed by atoms with Gasteiger partial charge >= 0.3 is 6.18 Å². The number of halogens is 3. The van der Waals surface area contributed by atoms with E-state index in [1.54, 1.807) is 0 Å². The van der Waals surface area contributed by atoms with Crippen molar-refractivity contribution < 1.29 is 23.3 Å². The molecule has 1 rings (SSSR count). The molecular formula is C7H7F3N4O3. The number of nitro groups is 1. The Kier molecular flexibility index (Phi) is 3.11. The predicted molar refractivity (Wildman–Crippen MR) is 51.0 cm³/mol. The maximum absolute atomic E-state index is 12.4. The molecule has 1 aromatic carbocycles. The molecule has 17 heavy (non-hydrogen) atoms. The van der Waals surface area contributed by atoms with Crippen molar-refractivity contribution in [1.29, 1.82) is 0 Å². The molecule has 0 heterocycles. The number of nitrogens with two attached hydrogens (primary N) is 2. The van der Waals surface area contributed by atoms with E-state index in [4.69, 9.17) is 16.8 Å². The lowest BCUT2D eigenvalue weighted by Crippen LogP contribution is -2.27. The molecule has 0 atom stereocenters. The molecule has 94 valence electrons. The van der Waals surface area contributed by atoms with Crippen LogP contribution in [0.2, 0.25) is 0 Å². The minimum atomic E-state index is -4.82. The zero-order valence-corrected chi connectivity index (χ0v) is 8.10. The molecule has 0 saturated carbocycles. The van der Waals surface area contributed by atoms with Crippen LogP contribution in [-0.2, 0) is 6.18 Å². The molecule has 0 bridgehead atoms. The Labute approximate surface area is 92.1 Å². The first-order chi connectivity index (χ1) is 7.64. The van der Waals surface area contributed by atoms with Gasteiger partial charge in [-0.05, 0) is 6.07 Å². The Morgan fingerprint density at radius 3 is 2.29 bits per heavy atom. The lowest BCUT2D eigenvalue weighted by Gasteiger charge is -2.15. The molecule has 1 aromatic rings. The minimum absolute atomic E-state index is 0.211. The predicted octanol–water partition coefficient (Wildman–Crippen LogP) is 1.27. The highest BCUT2D eigenvalue weighted by atomic mass is 19.4. The lowest BCUT2D eigenvalue weighted by molar-refractivity contribution is -0.384. The van der Waals surface area contributed by atoms with Gasteiger partial charge in [-0.2, -0.15) is 18.3 Å². The van der Waals surface area contributed by atoms with E-state index < -0.39 is 33.7 Å². The van der Waals surface area contributed by atoms with Crippen molar-refractivity contribution in [3.63, 3.8) is 0 Å². The number of rotatable bonds is 2. The molecule has 0 aliphatic carbocycles. The molecule has 0 unspecified atom stereocenters. The fraction of sp³-hybridized carbons (Fsp3) is 0.143. The number of nitrogen functional groups attached to an aromatic ring is 1. The Morgan fingerprint density at radius 1 is 1.41 bits per heavy atom. The second kappa shape index (κ2) is 4.07. The molecule has 0 radical (unpaired) electrons. The maximum atomic E-state index is 12.4. The van der Waals surface area contributed by atoms with Crippen LogP contribution >= 0.6 is 0 Å². The van der Waals surface area contributed by atoms with Crippen LogP contribution in [0.25, 0.3) is 0 Å². The van der Waals surface area contributed by atoms with E-state index in [2.05, 4.69) is 0 Å². The van der Waals surface area contributed by atoms with E-state index in [-0.39, 0.29) is 11.2 Å². The summed E-state index contributed by atoms with van der Waals surface area (Å²) in [5.41, 5.74) is 1.52. The van der Waals surface area contributed by atoms with Gasteiger partial charge in [-0.25, -0.2) is 5.84 Å². The van der Waals surface area contributed by atoms with E-state index in [0.717, 1.165) is 0 Å². The van der Waals surface area contributed by atoms with Crippen LogP contribution in [-0.4, -0.2) is 10.1 Å². The highest BCUT2D eigenvalue weighted by Gasteiger charge is 2.34. The highest BCUT2D eigenvalue weighted by molar-refractivity contribution is 5.77. The van der Waals surface area contributed by atoms with Gasteiger partial charge in [-0.15, -0.1) is 0 Å². The van der Waals surface area contributed by atoms with E-state index >= 15 is 0 Å². The van der Waals surface area contributed by atoms with Crippen molar-refractivity contribution in [3.8, 4) is 0 Å². The molecule has 0 aliphatic heterocycles. The summed E-state index contributed by atoms with van der Waals surface area (Å²) in [4.78, 5) is 9.39. The van der Waals surface area contributed by atoms with Gasteiger partial charge in [0.25, 0.3) is 5.69 Å². The molecule has 10 heteroatoms. The van der Waals surface area contributed by atoms with Gasteiger partial charge in [-0.3, -0.25) is 15.3 Å². The van der Waals surface area contributed by atoms with Crippen molar-refractivity contribution >= 4 is 17.1 Å². The van der Waals surface area contributed by atoms with E-state index in [1.807, 2.05) is 0 Å². The molecule has 0 aromatic heterocycles. The number of hydrogen-bond acceptors (Lipinski definition) is 6. The van der Waals surface area contributed by atoms with Gasteiger partial charge in [-0.1, -0.05) is 0 Å². The highest BCUT2D eigenvalue weighted by Crippen LogP contribution is 2.39. The summed E-state index contributed by atoms with van der Waals surface area (Å²) in [5.74, 6) is 4.81. The van der Waals surface area contributed by atoms with Crippen molar-refractivity contribution in [2.24, 2.45) is 5.84 Å². The van der Waals surface area contributed by atoms with Crippen LogP contribution in [0.4, 0.5) is 30.2 Å². The van der Waals surface area contributed by atoms with Crippen LogP contribution in [0.1, 0.15) is 5.56 Å². The summed E-state index contributed by atoms with van der Waals surface area (Å²) >= 11 is 0. The van der Waals surface area contributed by atoms with Crippen LogP contribution in [0.3, 0.4) is 0 Å². The standard InChI is InChI=1S/C7H7F3N4O3/c8-7(9,10)3-1-4(13(12)15)6(11)5(2-3)14(16)17/h1-2,15H,11-12H2. The average molecular weight is 252 g/mol. The second-order valence-corrected chi connectivity index (χ2v) is 3.03. The number of nitro benzene ring substituents is 1. The fourth-order valence-corrected chi connectivity index (χ4v) is 1.13. The first-order valence-corrected chi connectivity index (χ1v) is 4.03. The van der Waals surface area contributed by atoms with Crippen LogP contribution in [0.5, 0.6) is 0 Å². The fourth-order valence-electron chi connectivity index (χ4n) is 1.13. The topological polar surface area (TPSA) is 119 Å². The number of anilines is 2. The summed E-state index contributed by atoms with van der Waals surface area (Å²) in [7, 11) is 0. The molecule has 0 saturated heterocycles. The normalized spacial score (nSPS) is 11.4. The van der Waals surface area contributed by atoms with Crippen molar-refractivity contribution in [2.45, 2.75) is 6.18 Å². The van der Waals surface area contributed by atoms with Gasteiger partial charge in [0, 0.05) is 6.07 Å². The van der Waals surface area contributed by atoms with Crippen LogP contribution in [0.15, 0.2) is 12.1 Å². The van der Waals surface area contributed by atoms with Gasteiger partial charge in [0.2, 0.25) is 0 Å². The number of hydrogen-bond donors (Lipinski definition) is 3. The Morgan fingerprint density at radius 2 is 1.94 bits per heavy atom. The summed E-state index contributed by atoms with van der Waals surface area (Å²) in [6.07, 6.45) is -4.82. The third-order valence-corrected chi connectivity index (χ3v) is 1.91. The largest absolute Gasteiger partial charge is 0.416 e. The monoisotopic (exact) mass is 252 g/mol. The molecule has 0 fully saturated rings. The van der Waals surface area contributed by atoms with Gasteiger partial charge in [0.05, 0.1) is 10.5 Å². The molecule has 5 N–H and O–H groups in total. The van der Waals surface area contributed by atoms with Gasteiger partial charge in [0.1, 0.15) is 11.4 Å². The molecule has 7 nitrogen and oxygen atoms in total. The maximum Gasteiger partial charge on any atom is 0.416 e. The summed E-state index contributed by atoms with van der Waals surface area (Å²) in [5, 5.41) is 19.1. The Hall–Kier alpha value is -2.07. The molecule has 0 spiro atoms. The van der Waals surface area contributed by atoms with Crippen molar-refractivity contribution in [3.05, 3.63) is 27.8 Å². The molecular weight excluding hydrogens is 245 g/mol. The smallest absolute Gasteiger partial charge is 0.391 e. The number of alkyl halides is 3. The van der Waals surface area contributed by atoms with E-state index in [1.165, 1.54) is 0 Å². The average Bonchev–Trinajstić information content (AvgIpc) is 2.14. The first-order valence-electron chi connectivity index (χ1n) is 4.03. The molecule has 0 aliphatic rings. The number of benzene rings is 1. The third kappa shape index (κ3) is 2.54. The van der Waals surface area contributed by atoms with Gasteiger partial charge < -0.3 is 5.73 Å². The Balaban J connectivity index is 3.53. The summed E-state index contributed by atoms with van der Waals surface area (Å²) < 4.78 is 37.2. The SMILES string of the molecule is Nc1c(N(N)O)cc(C(F)(F)F)cc1[N+](=O)[O-]. The third-order valence-electron chi connectivity index (χ3n) is 1.91. The van der Waals surface area contributed by atoms with Crippen LogP contribution < -0.4 is 16.7 Å². The van der Waals surface area contributed by atoms with E-state index in [9.17, 15) is 23.3 Å². The van der Waals surface area contributed by atoms with E-state index in [0.29, 0.717) is 6.07 Å². The van der Waals surface area contributed by atoms with Crippen molar-refractivity contribution in [2.75, 3.05) is 10.9 Å². The first kappa shape index (κ1) is 13.0. The number of nitrogens with zero attached hydrogens (tertiary/aromatic N) is 2. The van der Waals surface area contributed by atoms with Gasteiger partial charge in [0.15, 0.2) is 0 Å². The molecule has 0 amide bonds. The van der Waals surface area contributed by atoms with Crippen molar-refractivity contribution in [1.82, 2.24) is 0 Å². The lowest BCUT2D eigenvalue weighted by atomic mass is 10.1. The Bertz CT molecular complexity index is 460. The number of hydrazine groups is 1. The quantitative estimate of drug-likeness (QED) is 0.315.